The van der Waals surface area contributed by atoms with Gasteiger partial charge in [-0.3, -0.25) is 4.79 Å². The molecule has 0 saturated heterocycles. The minimum Gasteiger partial charge on any atom is -0.355 e. The summed E-state index contributed by atoms with van der Waals surface area (Å²) >= 11 is 0. The maximum Gasteiger partial charge on any atom is 0.256 e. The summed E-state index contributed by atoms with van der Waals surface area (Å²) in [7, 11) is 1.83. The second-order valence-electron chi connectivity index (χ2n) is 5.68. The molecule has 1 N–H and O–H groups in total. The molecule has 3 rings (SSSR count). The topological polar surface area (TPSA) is 32.3 Å². The summed E-state index contributed by atoms with van der Waals surface area (Å²) in [6, 6.07) is 27.5. The van der Waals surface area contributed by atoms with Gasteiger partial charge in [-0.25, -0.2) is 0 Å². The van der Waals surface area contributed by atoms with Gasteiger partial charge in [0.25, 0.3) is 5.91 Å². The van der Waals surface area contributed by atoms with Crippen molar-refractivity contribution in [3.05, 3.63) is 96.1 Å². The summed E-state index contributed by atoms with van der Waals surface area (Å²) < 4.78 is 0. The third kappa shape index (κ3) is 3.82. The molecule has 0 fully saturated rings. The molecule has 0 aliphatic carbocycles. The van der Waals surface area contributed by atoms with Crippen molar-refractivity contribution in [2.45, 2.75) is 6.54 Å². The predicted molar refractivity (Wildman–Crippen MR) is 98.4 cm³/mol. The Hall–Kier alpha value is -3.07. The Morgan fingerprint density at radius 3 is 2.12 bits per heavy atom. The Balaban J connectivity index is 1.79. The molecule has 120 valence electrons. The maximum atomic E-state index is 12.8. The van der Waals surface area contributed by atoms with Crippen molar-refractivity contribution in [2.75, 3.05) is 12.4 Å². The van der Waals surface area contributed by atoms with Crippen molar-refractivity contribution in [2.24, 2.45) is 0 Å². The number of carbonyl (C=O) groups excluding carboxylic acids is 1. The van der Waals surface area contributed by atoms with Crippen LogP contribution in [0, 0.1) is 0 Å². The highest BCUT2D eigenvalue weighted by Gasteiger charge is 2.15. The molecule has 0 aliphatic heterocycles. The number of para-hydroxylation sites is 2. The lowest BCUT2D eigenvalue weighted by molar-refractivity contribution is 0.0786. The lowest BCUT2D eigenvalue weighted by Crippen LogP contribution is -2.26. The number of rotatable bonds is 5. The van der Waals surface area contributed by atoms with Crippen LogP contribution in [0.25, 0.3) is 0 Å². The van der Waals surface area contributed by atoms with Crippen LogP contribution >= 0.6 is 0 Å². The van der Waals surface area contributed by atoms with Crippen LogP contribution in [0.5, 0.6) is 0 Å². The number of benzene rings is 3. The molecule has 3 aromatic rings. The quantitative estimate of drug-likeness (QED) is 0.740. The number of anilines is 2. The lowest BCUT2D eigenvalue weighted by Gasteiger charge is -2.19. The SMILES string of the molecule is CN(Cc1ccccc1)C(=O)c1ccccc1Nc1ccccc1. The number of hydrogen-bond donors (Lipinski definition) is 1. The molecule has 3 nitrogen and oxygen atoms in total. The van der Waals surface area contributed by atoms with E-state index >= 15 is 0 Å². The summed E-state index contributed by atoms with van der Waals surface area (Å²) in [5, 5.41) is 3.32. The van der Waals surface area contributed by atoms with E-state index in [0.717, 1.165) is 16.9 Å². The molecular formula is C21H20N2O. The average Bonchev–Trinajstić information content (AvgIpc) is 2.63. The zero-order valence-electron chi connectivity index (χ0n) is 13.6. The number of nitrogens with one attached hydrogen (secondary N) is 1. The van der Waals surface area contributed by atoms with Crippen LogP contribution in [0.2, 0.25) is 0 Å². The number of nitrogens with zero attached hydrogens (tertiary/aromatic N) is 1. The number of hydrogen-bond acceptors (Lipinski definition) is 2. The third-order valence-electron chi connectivity index (χ3n) is 3.82. The van der Waals surface area contributed by atoms with Crippen LogP contribution in [-0.2, 0) is 6.54 Å². The third-order valence-corrected chi connectivity index (χ3v) is 3.82. The summed E-state index contributed by atoms with van der Waals surface area (Å²) in [5.41, 5.74) is 3.55. The van der Waals surface area contributed by atoms with E-state index in [1.165, 1.54) is 0 Å². The fourth-order valence-electron chi connectivity index (χ4n) is 2.59. The van der Waals surface area contributed by atoms with Crippen molar-refractivity contribution < 1.29 is 4.79 Å². The highest BCUT2D eigenvalue weighted by molar-refractivity contribution is 6.00. The van der Waals surface area contributed by atoms with Gasteiger partial charge in [0.2, 0.25) is 0 Å². The molecule has 0 radical (unpaired) electrons. The number of amides is 1. The Bertz CT molecular complexity index is 800. The van der Waals surface area contributed by atoms with E-state index in [1.807, 2.05) is 92.0 Å². The summed E-state index contributed by atoms with van der Waals surface area (Å²) in [6.45, 7) is 0.583. The smallest absolute Gasteiger partial charge is 0.256 e. The molecule has 3 heteroatoms. The van der Waals surface area contributed by atoms with Gasteiger partial charge in [0, 0.05) is 19.3 Å². The lowest BCUT2D eigenvalue weighted by atomic mass is 10.1. The van der Waals surface area contributed by atoms with Gasteiger partial charge < -0.3 is 10.2 Å². The monoisotopic (exact) mass is 316 g/mol. The first-order chi connectivity index (χ1) is 11.7. The fraction of sp³-hybridized carbons (Fsp3) is 0.0952. The van der Waals surface area contributed by atoms with Crippen LogP contribution in [0.4, 0.5) is 11.4 Å². The molecule has 0 atom stereocenters. The standard InChI is InChI=1S/C21H20N2O/c1-23(16-17-10-4-2-5-11-17)21(24)19-14-8-9-15-20(19)22-18-12-6-3-7-13-18/h2-15,22H,16H2,1H3. The van der Waals surface area contributed by atoms with Gasteiger partial charge in [-0.15, -0.1) is 0 Å². The Labute approximate surface area is 142 Å². The first-order valence-corrected chi connectivity index (χ1v) is 7.94. The van der Waals surface area contributed by atoms with E-state index < -0.39 is 0 Å². The van der Waals surface area contributed by atoms with E-state index in [2.05, 4.69) is 5.32 Å². The summed E-state index contributed by atoms with van der Waals surface area (Å²) in [4.78, 5) is 14.6. The molecule has 24 heavy (non-hydrogen) atoms. The van der Waals surface area contributed by atoms with Crippen LogP contribution in [0.15, 0.2) is 84.9 Å². The largest absolute Gasteiger partial charge is 0.355 e. The summed E-state index contributed by atoms with van der Waals surface area (Å²) in [5.74, 6) is -0.00196. The first kappa shape index (κ1) is 15.8. The zero-order valence-corrected chi connectivity index (χ0v) is 13.6. The van der Waals surface area contributed by atoms with Crippen molar-refractivity contribution in [1.29, 1.82) is 0 Å². The van der Waals surface area contributed by atoms with Gasteiger partial charge in [-0.05, 0) is 29.8 Å². The minimum absolute atomic E-state index is 0.00196. The fourth-order valence-corrected chi connectivity index (χ4v) is 2.59. The minimum atomic E-state index is -0.00196. The molecule has 0 unspecified atom stereocenters. The van der Waals surface area contributed by atoms with E-state index in [-0.39, 0.29) is 5.91 Å². The molecule has 1 amide bonds. The summed E-state index contributed by atoms with van der Waals surface area (Å²) in [6.07, 6.45) is 0. The van der Waals surface area contributed by atoms with Crippen LogP contribution in [-0.4, -0.2) is 17.9 Å². The van der Waals surface area contributed by atoms with Gasteiger partial charge in [0.1, 0.15) is 0 Å². The molecule has 3 aromatic carbocycles. The highest BCUT2D eigenvalue weighted by Crippen LogP contribution is 2.22. The molecular weight excluding hydrogens is 296 g/mol. The Morgan fingerprint density at radius 1 is 0.833 bits per heavy atom. The van der Waals surface area contributed by atoms with Gasteiger partial charge in [0.05, 0.1) is 11.3 Å². The number of carbonyl (C=O) groups is 1. The normalized spacial score (nSPS) is 10.2. The van der Waals surface area contributed by atoms with Crippen molar-refractivity contribution in [1.82, 2.24) is 4.90 Å². The van der Waals surface area contributed by atoms with Gasteiger partial charge in [-0.2, -0.15) is 0 Å². The maximum absolute atomic E-state index is 12.8. The van der Waals surface area contributed by atoms with Crippen LogP contribution in [0.1, 0.15) is 15.9 Å². The molecule has 0 heterocycles. The second-order valence-corrected chi connectivity index (χ2v) is 5.68. The second kappa shape index (κ2) is 7.47. The molecule has 0 spiro atoms. The highest BCUT2D eigenvalue weighted by atomic mass is 16.2. The van der Waals surface area contributed by atoms with E-state index in [0.29, 0.717) is 12.1 Å². The molecule has 0 aromatic heterocycles. The van der Waals surface area contributed by atoms with E-state index in [1.54, 1.807) is 4.90 Å². The van der Waals surface area contributed by atoms with Gasteiger partial charge >= 0.3 is 0 Å². The van der Waals surface area contributed by atoms with E-state index in [9.17, 15) is 4.79 Å². The van der Waals surface area contributed by atoms with Crippen molar-refractivity contribution >= 4 is 17.3 Å². The van der Waals surface area contributed by atoms with Crippen LogP contribution < -0.4 is 5.32 Å². The molecule has 0 saturated carbocycles. The Morgan fingerprint density at radius 2 is 1.42 bits per heavy atom. The predicted octanol–water partition coefficient (Wildman–Crippen LogP) is 4.70. The molecule has 0 aliphatic rings. The van der Waals surface area contributed by atoms with Crippen molar-refractivity contribution in [3.63, 3.8) is 0 Å². The average molecular weight is 316 g/mol. The first-order valence-electron chi connectivity index (χ1n) is 7.94. The van der Waals surface area contributed by atoms with E-state index in [4.69, 9.17) is 0 Å². The zero-order chi connectivity index (χ0) is 16.8. The van der Waals surface area contributed by atoms with Crippen LogP contribution in [0.3, 0.4) is 0 Å². The van der Waals surface area contributed by atoms with Crippen molar-refractivity contribution in [3.8, 4) is 0 Å². The molecule has 0 bridgehead atoms. The van der Waals surface area contributed by atoms with Gasteiger partial charge in [0.15, 0.2) is 0 Å². The Kier molecular flexibility index (Phi) is 4.92. The van der Waals surface area contributed by atoms with Gasteiger partial charge in [-0.1, -0.05) is 60.7 Å².